The van der Waals surface area contributed by atoms with Crippen LogP contribution in [0.4, 0.5) is 0 Å². The summed E-state index contributed by atoms with van der Waals surface area (Å²) in [4.78, 5) is 23.2. The van der Waals surface area contributed by atoms with Gasteiger partial charge in [0, 0.05) is 12.5 Å². The van der Waals surface area contributed by atoms with Gasteiger partial charge in [0.15, 0.2) is 0 Å². The number of benzene rings is 1. The molecular formula is C16H22N2O3. The predicted octanol–water partition coefficient (Wildman–Crippen LogP) is 1.33. The Morgan fingerprint density at radius 2 is 2.10 bits per heavy atom. The van der Waals surface area contributed by atoms with Crippen LogP contribution >= 0.6 is 0 Å². The van der Waals surface area contributed by atoms with E-state index in [9.17, 15) is 14.7 Å². The van der Waals surface area contributed by atoms with Crippen molar-refractivity contribution in [2.75, 3.05) is 6.54 Å². The first-order valence-electron chi connectivity index (χ1n) is 7.44. The molecule has 2 rings (SSSR count). The van der Waals surface area contributed by atoms with Crippen LogP contribution in [0.2, 0.25) is 0 Å². The maximum Gasteiger partial charge on any atom is 0.326 e. The van der Waals surface area contributed by atoms with Crippen LogP contribution in [0.25, 0.3) is 0 Å². The van der Waals surface area contributed by atoms with E-state index in [0.717, 1.165) is 24.9 Å². The summed E-state index contributed by atoms with van der Waals surface area (Å²) in [5.74, 6) is -1.16. The minimum Gasteiger partial charge on any atom is -0.480 e. The van der Waals surface area contributed by atoms with Crippen LogP contribution in [0.3, 0.4) is 0 Å². The van der Waals surface area contributed by atoms with Crippen molar-refractivity contribution < 1.29 is 14.7 Å². The molecule has 0 spiro atoms. The van der Waals surface area contributed by atoms with E-state index < -0.39 is 12.0 Å². The molecule has 5 nitrogen and oxygen atoms in total. The Morgan fingerprint density at radius 1 is 1.33 bits per heavy atom. The largest absolute Gasteiger partial charge is 0.480 e. The Labute approximate surface area is 124 Å². The van der Waals surface area contributed by atoms with Gasteiger partial charge in [0.25, 0.3) is 0 Å². The summed E-state index contributed by atoms with van der Waals surface area (Å²) in [6.45, 7) is 0.939. The maximum absolute atomic E-state index is 11.9. The number of carbonyl (C=O) groups is 2. The highest BCUT2D eigenvalue weighted by Crippen LogP contribution is 2.10. The number of carbonyl (C=O) groups excluding carboxylic acids is 1. The summed E-state index contributed by atoms with van der Waals surface area (Å²) in [5.41, 5.74) is 1.08. The van der Waals surface area contributed by atoms with Crippen molar-refractivity contribution in [3.8, 4) is 0 Å². The number of aryl methyl sites for hydroxylation is 1. The highest BCUT2D eigenvalue weighted by atomic mass is 16.4. The van der Waals surface area contributed by atoms with E-state index in [1.165, 1.54) is 0 Å². The van der Waals surface area contributed by atoms with Crippen LogP contribution in [0.1, 0.15) is 31.2 Å². The van der Waals surface area contributed by atoms with Crippen molar-refractivity contribution >= 4 is 11.9 Å². The fourth-order valence-electron chi connectivity index (χ4n) is 2.62. The van der Waals surface area contributed by atoms with Crippen molar-refractivity contribution in [3.63, 3.8) is 0 Å². The van der Waals surface area contributed by atoms with Gasteiger partial charge in [0.1, 0.15) is 6.04 Å². The van der Waals surface area contributed by atoms with Crippen LogP contribution in [-0.2, 0) is 16.0 Å². The van der Waals surface area contributed by atoms with E-state index in [-0.39, 0.29) is 11.9 Å². The van der Waals surface area contributed by atoms with Crippen LogP contribution in [0.5, 0.6) is 0 Å². The fourth-order valence-corrected chi connectivity index (χ4v) is 2.62. The van der Waals surface area contributed by atoms with E-state index in [4.69, 9.17) is 0 Å². The lowest BCUT2D eigenvalue weighted by molar-refractivity contribution is -0.142. The van der Waals surface area contributed by atoms with Crippen LogP contribution in [0.15, 0.2) is 30.3 Å². The first kappa shape index (κ1) is 15.5. The second-order valence-corrected chi connectivity index (χ2v) is 5.48. The standard InChI is InChI=1S/C16H22N2O3/c19-15(11-13-7-4-10-17-13)18-14(16(20)21)9-8-12-5-2-1-3-6-12/h1-3,5-6,13-14,17H,4,7-11H2,(H,18,19)(H,20,21). The van der Waals surface area contributed by atoms with E-state index in [0.29, 0.717) is 19.3 Å². The topological polar surface area (TPSA) is 78.4 Å². The van der Waals surface area contributed by atoms with E-state index in [1.54, 1.807) is 0 Å². The molecule has 1 amide bonds. The molecule has 2 atom stereocenters. The molecule has 1 aromatic rings. The molecule has 0 aromatic heterocycles. The van der Waals surface area contributed by atoms with Gasteiger partial charge in [0.05, 0.1) is 0 Å². The number of rotatable bonds is 7. The van der Waals surface area contributed by atoms with Gasteiger partial charge < -0.3 is 15.7 Å². The average Bonchev–Trinajstić information content (AvgIpc) is 2.97. The molecule has 0 saturated carbocycles. The third-order valence-corrected chi connectivity index (χ3v) is 3.79. The van der Waals surface area contributed by atoms with Crippen molar-refractivity contribution in [1.82, 2.24) is 10.6 Å². The third-order valence-electron chi connectivity index (χ3n) is 3.79. The molecule has 1 saturated heterocycles. The second-order valence-electron chi connectivity index (χ2n) is 5.48. The maximum atomic E-state index is 11.9. The minimum absolute atomic E-state index is 0.185. The highest BCUT2D eigenvalue weighted by molar-refractivity contribution is 5.83. The van der Waals surface area contributed by atoms with E-state index in [1.807, 2.05) is 30.3 Å². The number of nitrogens with one attached hydrogen (secondary N) is 2. The molecule has 3 N–H and O–H groups in total. The summed E-state index contributed by atoms with van der Waals surface area (Å²) >= 11 is 0. The fraction of sp³-hybridized carbons (Fsp3) is 0.500. The molecular weight excluding hydrogens is 268 g/mol. The third kappa shape index (κ3) is 5.19. The van der Waals surface area contributed by atoms with Gasteiger partial charge in [-0.05, 0) is 37.8 Å². The van der Waals surface area contributed by atoms with Gasteiger partial charge in [-0.2, -0.15) is 0 Å². The first-order chi connectivity index (χ1) is 10.1. The van der Waals surface area contributed by atoms with Gasteiger partial charge in [0.2, 0.25) is 5.91 Å². The SMILES string of the molecule is O=C(CC1CCCN1)NC(CCc1ccccc1)C(=O)O. The zero-order valence-electron chi connectivity index (χ0n) is 12.0. The lowest BCUT2D eigenvalue weighted by Crippen LogP contribution is -2.43. The van der Waals surface area contributed by atoms with Gasteiger partial charge in [-0.15, -0.1) is 0 Å². The van der Waals surface area contributed by atoms with Crippen molar-refractivity contribution in [1.29, 1.82) is 0 Å². The van der Waals surface area contributed by atoms with Crippen molar-refractivity contribution in [3.05, 3.63) is 35.9 Å². The molecule has 0 bridgehead atoms. The summed E-state index contributed by atoms with van der Waals surface area (Å²) in [7, 11) is 0. The van der Waals surface area contributed by atoms with Gasteiger partial charge in [-0.25, -0.2) is 4.79 Å². The summed E-state index contributed by atoms with van der Waals surface area (Å²) < 4.78 is 0. The summed E-state index contributed by atoms with van der Waals surface area (Å²) in [6, 6.07) is 9.07. The quantitative estimate of drug-likeness (QED) is 0.708. The molecule has 0 radical (unpaired) electrons. The molecule has 2 unspecified atom stereocenters. The van der Waals surface area contributed by atoms with Crippen molar-refractivity contribution in [2.24, 2.45) is 0 Å². The number of hydrogen-bond acceptors (Lipinski definition) is 3. The lowest BCUT2D eigenvalue weighted by atomic mass is 10.0. The molecule has 1 aliphatic rings. The van der Waals surface area contributed by atoms with Crippen LogP contribution < -0.4 is 10.6 Å². The van der Waals surface area contributed by atoms with E-state index in [2.05, 4.69) is 10.6 Å². The minimum atomic E-state index is -0.973. The Bertz CT molecular complexity index is 470. The monoisotopic (exact) mass is 290 g/mol. The Hall–Kier alpha value is -1.88. The molecule has 1 aromatic carbocycles. The number of carboxylic acids is 1. The van der Waals surface area contributed by atoms with Crippen LogP contribution in [-0.4, -0.2) is 35.6 Å². The van der Waals surface area contributed by atoms with Crippen LogP contribution in [0, 0.1) is 0 Å². The Kier molecular flexibility index (Phi) is 5.75. The summed E-state index contributed by atoms with van der Waals surface area (Å²) in [6.07, 6.45) is 3.46. The summed E-state index contributed by atoms with van der Waals surface area (Å²) in [5, 5.41) is 15.1. The second kappa shape index (κ2) is 7.78. The number of amides is 1. The first-order valence-corrected chi connectivity index (χ1v) is 7.44. The molecule has 21 heavy (non-hydrogen) atoms. The normalized spacial score (nSPS) is 19.1. The lowest BCUT2D eigenvalue weighted by Gasteiger charge is -2.16. The number of carboxylic acid groups (broad SMARTS) is 1. The molecule has 1 fully saturated rings. The Morgan fingerprint density at radius 3 is 2.71 bits per heavy atom. The molecule has 0 aliphatic carbocycles. The van der Waals surface area contributed by atoms with Gasteiger partial charge in [-0.3, -0.25) is 4.79 Å². The predicted molar refractivity (Wildman–Crippen MR) is 80.0 cm³/mol. The number of hydrogen-bond donors (Lipinski definition) is 3. The van der Waals surface area contributed by atoms with E-state index >= 15 is 0 Å². The Balaban J connectivity index is 1.81. The van der Waals surface area contributed by atoms with Gasteiger partial charge >= 0.3 is 5.97 Å². The molecule has 114 valence electrons. The molecule has 1 aliphatic heterocycles. The van der Waals surface area contributed by atoms with Gasteiger partial charge in [-0.1, -0.05) is 30.3 Å². The number of aliphatic carboxylic acids is 1. The van der Waals surface area contributed by atoms with Crippen molar-refractivity contribution in [2.45, 2.75) is 44.2 Å². The smallest absolute Gasteiger partial charge is 0.326 e. The zero-order valence-corrected chi connectivity index (χ0v) is 12.0. The zero-order chi connectivity index (χ0) is 15.1. The molecule has 5 heteroatoms. The average molecular weight is 290 g/mol. The highest BCUT2D eigenvalue weighted by Gasteiger charge is 2.23. The molecule has 1 heterocycles.